The second-order valence-corrected chi connectivity index (χ2v) is 5.78. The van der Waals surface area contributed by atoms with Crippen LogP contribution in [0.3, 0.4) is 0 Å². The standard InChI is InChI=1S/C19H17F3N2O/c20-19(21,22)18-11-17(15-8-4-5-9-16(15)24-18)23-14(12-25)10-13-6-2-1-3-7-13/h1-9,11,14,25H,10,12H2,(H,23,24). The minimum absolute atomic E-state index is 0.201. The van der Waals surface area contributed by atoms with Crippen LogP contribution in [-0.2, 0) is 12.6 Å². The zero-order valence-electron chi connectivity index (χ0n) is 13.3. The van der Waals surface area contributed by atoms with Crippen molar-refractivity contribution in [1.29, 1.82) is 0 Å². The molecule has 0 radical (unpaired) electrons. The number of halogens is 3. The zero-order valence-corrected chi connectivity index (χ0v) is 13.3. The van der Waals surface area contributed by atoms with E-state index in [1.54, 1.807) is 24.3 Å². The Kier molecular flexibility index (Phi) is 4.90. The van der Waals surface area contributed by atoms with Crippen LogP contribution in [0.4, 0.5) is 18.9 Å². The van der Waals surface area contributed by atoms with E-state index in [9.17, 15) is 18.3 Å². The molecule has 25 heavy (non-hydrogen) atoms. The number of anilines is 1. The van der Waals surface area contributed by atoms with Gasteiger partial charge in [0.25, 0.3) is 0 Å². The molecule has 0 spiro atoms. The molecule has 0 saturated carbocycles. The highest BCUT2D eigenvalue weighted by atomic mass is 19.4. The fourth-order valence-electron chi connectivity index (χ4n) is 2.72. The van der Waals surface area contributed by atoms with Crippen LogP contribution in [-0.4, -0.2) is 22.7 Å². The molecule has 3 aromatic rings. The summed E-state index contributed by atoms with van der Waals surface area (Å²) in [5, 5.41) is 13.3. The van der Waals surface area contributed by atoms with Gasteiger partial charge in [-0.1, -0.05) is 48.5 Å². The summed E-state index contributed by atoms with van der Waals surface area (Å²) < 4.78 is 39.4. The number of hydrogen-bond donors (Lipinski definition) is 2. The fraction of sp³-hybridized carbons (Fsp3) is 0.211. The maximum atomic E-state index is 13.1. The fourth-order valence-corrected chi connectivity index (χ4v) is 2.72. The van der Waals surface area contributed by atoms with E-state index in [4.69, 9.17) is 0 Å². The van der Waals surface area contributed by atoms with E-state index in [0.717, 1.165) is 11.6 Å². The molecule has 0 saturated heterocycles. The molecule has 0 amide bonds. The van der Waals surface area contributed by atoms with Crippen molar-refractivity contribution in [3.8, 4) is 0 Å². The molecule has 2 aromatic carbocycles. The van der Waals surface area contributed by atoms with Gasteiger partial charge in [0.2, 0.25) is 0 Å². The molecule has 130 valence electrons. The highest BCUT2D eigenvalue weighted by Crippen LogP contribution is 2.33. The lowest BCUT2D eigenvalue weighted by Gasteiger charge is -2.20. The van der Waals surface area contributed by atoms with Gasteiger partial charge in [0.15, 0.2) is 0 Å². The number of nitrogens with one attached hydrogen (secondary N) is 1. The highest BCUT2D eigenvalue weighted by Gasteiger charge is 2.33. The molecular formula is C19H17F3N2O. The number of benzene rings is 2. The largest absolute Gasteiger partial charge is 0.433 e. The summed E-state index contributed by atoms with van der Waals surface area (Å²) in [6.07, 6.45) is -4.04. The molecule has 0 aliphatic rings. The van der Waals surface area contributed by atoms with Crippen molar-refractivity contribution in [2.24, 2.45) is 0 Å². The molecule has 1 heterocycles. The van der Waals surface area contributed by atoms with Gasteiger partial charge in [0.1, 0.15) is 5.69 Å². The SMILES string of the molecule is OCC(Cc1ccccc1)Nc1cc(C(F)(F)F)nc2ccccc12. The molecule has 3 nitrogen and oxygen atoms in total. The van der Waals surface area contributed by atoms with E-state index in [1.165, 1.54) is 0 Å². The number of hydrogen-bond acceptors (Lipinski definition) is 3. The Morgan fingerprint density at radius 2 is 1.68 bits per heavy atom. The summed E-state index contributed by atoms with van der Waals surface area (Å²) >= 11 is 0. The normalized spacial score (nSPS) is 13.0. The summed E-state index contributed by atoms with van der Waals surface area (Å²) in [4.78, 5) is 3.70. The first kappa shape index (κ1) is 17.2. The van der Waals surface area contributed by atoms with Crippen molar-refractivity contribution in [3.63, 3.8) is 0 Å². The summed E-state index contributed by atoms with van der Waals surface area (Å²) in [7, 11) is 0. The summed E-state index contributed by atoms with van der Waals surface area (Å²) in [5.74, 6) is 0. The molecule has 0 bridgehead atoms. The van der Waals surface area contributed by atoms with Gasteiger partial charge in [-0.05, 0) is 24.1 Å². The second-order valence-electron chi connectivity index (χ2n) is 5.78. The smallest absolute Gasteiger partial charge is 0.394 e. The van der Waals surface area contributed by atoms with Crippen LogP contribution in [0.15, 0.2) is 60.7 Å². The lowest BCUT2D eigenvalue weighted by molar-refractivity contribution is -0.140. The van der Waals surface area contributed by atoms with Crippen molar-refractivity contribution in [2.45, 2.75) is 18.6 Å². The topological polar surface area (TPSA) is 45.1 Å². The molecule has 1 atom stereocenters. The minimum Gasteiger partial charge on any atom is -0.394 e. The Morgan fingerprint density at radius 3 is 2.36 bits per heavy atom. The highest BCUT2D eigenvalue weighted by molar-refractivity contribution is 5.91. The Labute approximate surface area is 143 Å². The summed E-state index contributed by atoms with van der Waals surface area (Å²) in [6.45, 7) is -0.201. The van der Waals surface area contributed by atoms with E-state index in [1.807, 2.05) is 30.3 Å². The molecule has 0 aliphatic carbocycles. The number of alkyl halides is 3. The first-order valence-corrected chi connectivity index (χ1v) is 7.85. The van der Waals surface area contributed by atoms with Crippen LogP contribution in [0.5, 0.6) is 0 Å². The zero-order chi connectivity index (χ0) is 17.9. The Balaban J connectivity index is 1.95. The lowest BCUT2D eigenvalue weighted by atomic mass is 10.1. The average Bonchev–Trinajstić information content (AvgIpc) is 2.61. The number of para-hydroxylation sites is 1. The predicted molar refractivity (Wildman–Crippen MR) is 91.4 cm³/mol. The van der Waals surface area contributed by atoms with Crippen LogP contribution in [0.2, 0.25) is 0 Å². The molecule has 1 unspecified atom stereocenters. The number of aromatic nitrogens is 1. The molecule has 6 heteroatoms. The number of aliphatic hydroxyl groups excluding tert-OH is 1. The molecule has 2 N–H and O–H groups in total. The molecule has 0 aliphatic heterocycles. The van der Waals surface area contributed by atoms with Gasteiger partial charge in [0, 0.05) is 11.1 Å². The number of pyridine rings is 1. The quantitative estimate of drug-likeness (QED) is 0.725. The van der Waals surface area contributed by atoms with E-state index >= 15 is 0 Å². The average molecular weight is 346 g/mol. The first-order chi connectivity index (χ1) is 12.0. The third kappa shape index (κ3) is 4.09. The van der Waals surface area contributed by atoms with E-state index in [2.05, 4.69) is 10.3 Å². The summed E-state index contributed by atoms with van der Waals surface area (Å²) in [5.41, 5.74) is 0.609. The number of nitrogens with zero attached hydrogens (tertiary/aromatic N) is 1. The summed E-state index contributed by atoms with van der Waals surface area (Å²) in [6, 6.07) is 16.7. The minimum atomic E-state index is -4.53. The third-order valence-electron chi connectivity index (χ3n) is 3.91. The van der Waals surface area contributed by atoms with Crippen LogP contribution >= 0.6 is 0 Å². The van der Waals surface area contributed by atoms with Crippen LogP contribution in [0, 0.1) is 0 Å². The predicted octanol–water partition coefficient (Wildman–Crippen LogP) is 4.27. The van der Waals surface area contributed by atoms with E-state index in [-0.39, 0.29) is 12.1 Å². The Morgan fingerprint density at radius 1 is 1.00 bits per heavy atom. The van der Waals surface area contributed by atoms with Gasteiger partial charge in [-0.15, -0.1) is 0 Å². The van der Waals surface area contributed by atoms with Crippen molar-refractivity contribution >= 4 is 16.6 Å². The van der Waals surface area contributed by atoms with Crippen molar-refractivity contribution < 1.29 is 18.3 Å². The number of rotatable bonds is 5. The van der Waals surface area contributed by atoms with Gasteiger partial charge in [-0.25, -0.2) is 4.98 Å². The maximum Gasteiger partial charge on any atom is 0.433 e. The molecule has 1 aromatic heterocycles. The lowest BCUT2D eigenvalue weighted by Crippen LogP contribution is -2.26. The van der Waals surface area contributed by atoms with Gasteiger partial charge in [-0.3, -0.25) is 0 Å². The van der Waals surface area contributed by atoms with Gasteiger partial charge < -0.3 is 10.4 Å². The second kappa shape index (κ2) is 7.11. The maximum absolute atomic E-state index is 13.1. The molecule has 0 fully saturated rings. The number of fused-ring (bicyclic) bond motifs is 1. The van der Waals surface area contributed by atoms with Crippen molar-refractivity contribution in [1.82, 2.24) is 4.98 Å². The van der Waals surface area contributed by atoms with Crippen molar-refractivity contribution in [3.05, 3.63) is 71.9 Å². The van der Waals surface area contributed by atoms with Gasteiger partial charge >= 0.3 is 6.18 Å². The van der Waals surface area contributed by atoms with E-state index in [0.29, 0.717) is 17.5 Å². The van der Waals surface area contributed by atoms with Gasteiger partial charge in [0.05, 0.1) is 18.2 Å². The Bertz CT molecular complexity index is 850. The van der Waals surface area contributed by atoms with Crippen LogP contribution in [0.25, 0.3) is 10.9 Å². The first-order valence-electron chi connectivity index (χ1n) is 7.85. The monoisotopic (exact) mass is 346 g/mol. The van der Waals surface area contributed by atoms with Crippen molar-refractivity contribution in [2.75, 3.05) is 11.9 Å². The molecule has 3 rings (SSSR count). The van der Waals surface area contributed by atoms with Crippen LogP contribution < -0.4 is 5.32 Å². The number of aliphatic hydroxyl groups is 1. The third-order valence-corrected chi connectivity index (χ3v) is 3.91. The Hall–Kier alpha value is -2.60. The molecular weight excluding hydrogens is 329 g/mol. The van der Waals surface area contributed by atoms with Crippen LogP contribution in [0.1, 0.15) is 11.3 Å². The van der Waals surface area contributed by atoms with Gasteiger partial charge in [-0.2, -0.15) is 13.2 Å². The van der Waals surface area contributed by atoms with E-state index < -0.39 is 17.9 Å².